The minimum Gasteiger partial charge on any atom is -0.382 e. The number of rotatable bonds is 5. The zero-order valence-corrected chi connectivity index (χ0v) is 7.78. The number of alkyl halides is 3. The Labute approximate surface area is 79.8 Å². The summed E-state index contributed by atoms with van der Waals surface area (Å²) < 4.78 is 39.5. The number of nitrogens with one attached hydrogen (secondary N) is 2. The highest BCUT2D eigenvalue weighted by Crippen LogP contribution is 2.08. The first-order valence-corrected chi connectivity index (χ1v) is 4.16. The Morgan fingerprint density at radius 1 is 1.43 bits per heavy atom. The lowest BCUT2D eigenvalue weighted by Crippen LogP contribution is -2.44. The Bertz CT molecular complexity index is 173. The molecule has 2 amide bonds. The third kappa shape index (κ3) is 9.11. The maximum atomic E-state index is 11.5. The molecule has 0 bridgehead atoms. The van der Waals surface area contributed by atoms with Gasteiger partial charge in [0.1, 0.15) is 0 Å². The molecule has 0 aromatic heterocycles. The van der Waals surface area contributed by atoms with Crippen LogP contribution in [0.3, 0.4) is 0 Å². The molecule has 0 atom stereocenters. The molecule has 4 nitrogen and oxygen atoms in total. The van der Waals surface area contributed by atoms with Gasteiger partial charge >= 0.3 is 12.3 Å². The summed E-state index contributed by atoms with van der Waals surface area (Å²) in [4.78, 5) is 10.5. The maximum Gasteiger partial charge on any atom is 0.485 e. The molecular formula is C7H13F3N2O2. The maximum absolute atomic E-state index is 11.5. The highest BCUT2D eigenvalue weighted by atomic mass is 19.4. The molecular weight excluding hydrogens is 201 g/mol. The lowest BCUT2D eigenvalue weighted by Gasteiger charge is -2.09. The third-order valence-corrected chi connectivity index (χ3v) is 1.21. The SMILES string of the molecule is CCOCCCNC(=O)NC(F)(F)F. The Balaban J connectivity index is 3.36. The van der Waals surface area contributed by atoms with E-state index in [0.29, 0.717) is 19.6 Å². The summed E-state index contributed by atoms with van der Waals surface area (Å²) in [6.45, 7) is 2.93. The molecule has 0 radical (unpaired) electrons. The van der Waals surface area contributed by atoms with Crippen molar-refractivity contribution in [3.63, 3.8) is 0 Å². The molecule has 0 saturated heterocycles. The van der Waals surface area contributed by atoms with Gasteiger partial charge in [-0.15, -0.1) is 0 Å². The largest absolute Gasteiger partial charge is 0.485 e. The van der Waals surface area contributed by atoms with E-state index in [1.165, 1.54) is 0 Å². The van der Waals surface area contributed by atoms with Gasteiger partial charge in [0.05, 0.1) is 0 Å². The van der Waals surface area contributed by atoms with E-state index in [1.54, 1.807) is 0 Å². The Hall–Kier alpha value is -0.980. The molecule has 84 valence electrons. The van der Waals surface area contributed by atoms with Gasteiger partial charge in [0.25, 0.3) is 0 Å². The number of urea groups is 1. The van der Waals surface area contributed by atoms with Crippen molar-refractivity contribution in [3.05, 3.63) is 0 Å². The topological polar surface area (TPSA) is 50.4 Å². The summed E-state index contributed by atoms with van der Waals surface area (Å²) in [5, 5.41) is 2.87. The van der Waals surface area contributed by atoms with Gasteiger partial charge in [-0.05, 0) is 13.3 Å². The lowest BCUT2D eigenvalue weighted by atomic mass is 10.4. The van der Waals surface area contributed by atoms with E-state index in [9.17, 15) is 18.0 Å². The molecule has 0 spiro atoms. The summed E-state index contributed by atoms with van der Waals surface area (Å²) in [7, 11) is 0. The van der Waals surface area contributed by atoms with Crippen LogP contribution >= 0.6 is 0 Å². The van der Waals surface area contributed by atoms with Gasteiger partial charge in [-0.25, -0.2) is 10.1 Å². The number of hydrogen-bond donors (Lipinski definition) is 2. The molecule has 0 unspecified atom stereocenters. The monoisotopic (exact) mass is 214 g/mol. The molecule has 14 heavy (non-hydrogen) atoms. The average molecular weight is 214 g/mol. The van der Waals surface area contributed by atoms with Crippen LogP contribution in [0.5, 0.6) is 0 Å². The second-order valence-corrected chi connectivity index (χ2v) is 2.43. The first kappa shape index (κ1) is 13.0. The predicted molar refractivity (Wildman–Crippen MR) is 43.7 cm³/mol. The summed E-state index contributed by atoms with van der Waals surface area (Å²) in [5.74, 6) is 0. The van der Waals surface area contributed by atoms with Crippen molar-refractivity contribution in [2.45, 2.75) is 19.6 Å². The van der Waals surface area contributed by atoms with Crippen molar-refractivity contribution in [1.82, 2.24) is 10.6 Å². The van der Waals surface area contributed by atoms with E-state index in [1.807, 2.05) is 12.2 Å². The molecule has 2 N–H and O–H groups in total. The average Bonchev–Trinajstić information content (AvgIpc) is 2.00. The van der Waals surface area contributed by atoms with Crippen LogP contribution in [0.2, 0.25) is 0 Å². The van der Waals surface area contributed by atoms with E-state index >= 15 is 0 Å². The summed E-state index contributed by atoms with van der Waals surface area (Å²) in [6, 6.07) is -1.24. The smallest absolute Gasteiger partial charge is 0.382 e. The Morgan fingerprint density at radius 2 is 2.07 bits per heavy atom. The first-order chi connectivity index (χ1) is 6.45. The molecule has 0 aromatic rings. The molecule has 0 heterocycles. The van der Waals surface area contributed by atoms with Crippen LogP contribution < -0.4 is 10.6 Å². The minimum absolute atomic E-state index is 0.155. The molecule has 0 aromatic carbocycles. The Kier molecular flexibility index (Phi) is 6.02. The highest BCUT2D eigenvalue weighted by molar-refractivity contribution is 5.74. The summed E-state index contributed by atoms with van der Waals surface area (Å²) in [5.41, 5.74) is 0. The van der Waals surface area contributed by atoms with Gasteiger partial charge in [0.15, 0.2) is 0 Å². The number of amides is 2. The van der Waals surface area contributed by atoms with Gasteiger partial charge in [-0.3, -0.25) is 0 Å². The molecule has 0 aliphatic carbocycles. The lowest BCUT2D eigenvalue weighted by molar-refractivity contribution is -0.145. The minimum atomic E-state index is -4.68. The van der Waals surface area contributed by atoms with E-state index in [0.717, 1.165) is 5.32 Å². The molecule has 0 fully saturated rings. The van der Waals surface area contributed by atoms with Crippen molar-refractivity contribution in [1.29, 1.82) is 0 Å². The number of hydrogen-bond acceptors (Lipinski definition) is 2. The Morgan fingerprint density at radius 3 is 2.57 bits per heavy atom. The quantitative estimate of drug-likeness (QED) is 0.534. The van der Waals surface area contributed by atoms with Crippen LogP contribution in [-0.2, 0) is 4.74 Å². The molecule has 0 aliphatic heterocycles. The predicted octanol–water partition coefficient (Wildman–Crippen LogP) is 1.23. The fraction of sp³-hybridized carbons (Fsp3) is 0.857. The normalized spacial score (nSPS) is 11.1. The van der Waals surface area contributed by atoms with Crippen LogP contribution in [0.25, 0.3) is 0 Å². The highest BCUT2D eigenvalue weighted by Gasteiger charge is 2.29. The van der Waals surface area contributed by atoms with Crippen molar-refractivity contribution in [2.24, 2.45) is 0 Å². The zero-order chi connectivity index (χ0) is 11.0. The number of halogens is 3. The standard InChI is InChI=1S/C7H13F3N2O2/c1-2-14-5-3-4-11-6(13)12-7(8,9)10/h2-5H2,1H3,(H2,11,12,13). The van der Waals surface area contributed by atoms with Gasteiger partial charge in [0.2, 0.25) is 0 Å². The third-order valence-electron chi connectivity index (χ3n) is 1.21. The van der Waals surface area contributed by atoms with Crippen molar-refractivity contribution in [3.8, 4) is 0 Å². The van der Waals surface area contributed by atoms with Gasteiger partial charge in [0, 0.05) is 19.8 Å². The second kappa shape index (κ2) is 6.47. The zero-order valence-electron chi connectivity index (χ0n) is 7.78. The van der Waals surface area contributed by atoms with Crippen LogP contribution in [0.15, 0.2) is 0 Å². The fourth-order valence-corrected chi connectivity index (χ4v) is 0.693. The van der Waals surface area contributed by atoms with Gasteiger partial charge in [-0.1, -0.05) is 0 Å². The second-order valence-electron chi connectivity index (χ2n) is 2.43. The van der Waals surface area contributed by atoms with Crippen LogP contribution in [0.4, 0.5) is 18.0 Å². The van der Waals surface area contributed by atoms with E-state index in [-0.39, 0.29) is 6.54 Å². The van der Waals surface area contributed by atoms with Crippen molar-refractivity contribution >= 4 is 6.03 Å². The first-order valence-electron chi connectivity index (χ1n) is 4.16. The van der Waals surface area contributed by atoms with Crippen molar-refractivity contribution in [2.75, 3.05) is 19.8 Å². The van der Waals surface area contributed by atoms with E-state index < -0.39 is 12.3 Å². The van der Waals surface area contributed by atoms with E-state index in [4.69, 9.17) is 4.74 Å². The number of ether oxygens (including phenoxy) is 1. The fourth-order valence-electron chi connectivity index (χ4n) is 0.693. The summed E-state index contributed by atoms with van der Waals surface area (Å²) in [6.07, 6.45) is -4.19. The van der Waals surface area contributed by atoms with Crippen LogP contribution in [0, 0.1) is 0 Å². The van der Waals surface area contributed by atoms with E-state index in [2.05, 4.69) is 0 Å². The number of carbonyl (C=O) groups is 1. The van der Waals surface area contributed by atoms with Crippen molar-refractivity contribution < 1.29 is 22.7 Å². The van der Waals surface area contributed by atoms with Gasteiger partial charge in [-0.2, -0.15) is 13.2 Å². The number of carbonyl (C=O) groups excluding carboxylic acids is 1. The van der Waals surface area contributed by atoms with Gasteiger partial charge < -0.3 is 10.1 Å². The molecule has 0 saturated carbocycles. The molecule has 7 heteroatoms. The van der Waals surface area contributed by atoms with Crippen LogP contribution in [0.1, 0.15) is 13.3 Å². The van der Waals surface area contributed by atoms with Crippen LogP contribution in [-0.4, -0.2) is 32.1 Å². The molecule has 0 aliphatic rings. The molecule has 0 rings (SSSR count). The summed E-state index contributed by atoms with van der Waals surface area (Å²) >= 11 is 0.